The van der Waals surface area contributed by atoms with Crippen LogP contribution in [0.1, 0.15) is 17.0 Å². The first kappa shape index (κ1) is 14.5. The van der Waals surface area contributed by atoms with Gasteiger partial charge in [0.25, 0.3) is 5.56 Å². The van der Waals surface area contributed by atoms with Crippen molar-refractivity contribution in [2.75, 3.05) is 5.32 Å². The smallest absolute Gasteiger partial charge is 0.327 e. The van der Waals surface area contributed by atoms with Crippen molar-refractivity contribution < 1.29 is 8.78 Å². The molecule has 1 aliphatic heterocycles. The quantitative estimate of drug-likeness (QED) is 0.612. The number of allylic oxidation sites excluding steroid dienone is 1. The molecule has 9 heteroatoms. The van der Waals surface area contributed by atoms with Gasteiger partial charge in [-0.2, -0.15) is 5.26 Å². The van der Waals surface area contributed by atoms with Crippen LogP contribution in [0.5, 0.6) is 0 Å². The van der Waals surface area contributed by atoms with Crippen LogP contribution in [0, 0.1) is 23.0 Å². The number of aromatic nitrogens is 2. The second-order valence-corrected chi connectivity index (χ2v) is 4.87. The van der Waals surface area contributed by atoms with Crippen LogP contribution in [-0.4, -0.2) is 9.97 Å². The van der Waals surface area contributed by atoms with Gasteiger partial charge in [0.05, 0.1) is 23.1 Å². The summed E-state index contributed by atoms with van der Waals surface area (Å²) in [7, 11) is 0. The normalized spacial score (nSPS) is 16.5. The molecule has 0 aliphatic carbocycles. The van der Waals surface area contributed by atoms with E-state index in [4.69, 9.17) is 5.73 Å². The van der Waals surface area contributed by atoms with E-state index in [1.807, 2.05) is 11.1 Å². The maximum Gasteiger partial charge on any atom is 0.327 e. The molecule has 1 atom stereocenters. The Morgan fingerprint density at radius 3 is 2.57 bits per heavy atom. The highest BCUT2D eigenvalue weighted by molar-refractivity contribution is 5.63. The minimum Gasteiger partial charge on any atom is -0.384 e. The summed E-state index contributed by atoms with van der Waals surface area (Å²) in [6, 6.07) is 4.86. The van der Waals surface area contributed by atoms with Gasteiger partial charge in [0, 0.05) is 0 Å². The van der Waals surface area contributed by atoms with Crippen LogP contribution in [0.15, 0.2) is 39.2 Å². The van der Waals surface area contributed by atoms with Crippen molar-refractivity contribution in [3.63, 3.8) is 0 Å². The highest BCUT2D eigenvalue weighted by Gasteiger charge is 2.32. The summed E-state index contributed by atoms with van der Waals surface area (Å²) in [5.74, 6) is -3.30. The van der Waals surface area contributed by atoms with Crippen LogP contribution in [-0.2, 0) is 0 Å². The number of H-pyrrole nitrogens is 2. The number of hydrogen-bond acceptors (Lipinski definition) is 5. The summed E-state index contributed by atoms with van der Waals surface area (Å²) < 4.78 is 26.7. The Labute approximate surface area is 127 Å². The molecule has 0 saturated heterocycles. The predicted molar refractivity (Wildman–Crippen MR) is 76.3 cm³/mol. The molecule has 7 nitrogen and oxygen atoms in total. The summed E-state index contributed by atoms with van der Waals surface area (Å²) >= 11 is 0. The van der Waals surface area contributed by atoms with E-state index in [2.05, 4.69) is 10.3 Å². The molecule has 0 spiro atoms. The van der Waals surface area contributed by atoms with Gasteiger partial charge >= 0.3 is 5.69 Å². The molecule has 0 fully saturated rings. The van der Waals surface area contributed by atoms with Crippen LogP contribution in [0.2, 0.25) is 0 Å². The highest BCUT2D eigenvalue weighted by Crippen LogP contribution is 2.37. The van der Waals surface area contributed by atoms with Crippen LogP contribution in [0.25, 0.3) is 0 Å². The van der Waals surface area contributed by atoms with E-state index in [0.717, 1.165) is 12.1 Å². The molecule has 3 rings (SSSR count). The minimum absolute atomic E-state index is 0.00461. The van der Waals surface area contributed by atoms with E-state index in [0.29, 0.717) is 0 Å². The largest absolute Gasteiger partial charge is 0.384 e. The standard InChI is InChI=1S/C14H9F2N5O2/c15-7-2-1-5(3-8(7)16)9-6(4-17)11(18)19-12-10(9)13(22)21-14(23)20-12/h1-3,9H,18H2,(H3,19,20,21,22,23). The molecule has 1 aromatic heterocycles. The monoisotopic (exact) mass is 317 g/mol. The Hall–Kier alpha value is -3.41. The number of hydrogen-bond donors (Lipinski definition) is 4. The van der Waals surface area contributed by atoms with Gasteiger partial charge in [-0.05, 0) is 17.7 Å². The zero-order valence-electron chi connectivity index (χ0n) is 11.4. The fourth-order valence-electron chi connectivity index (χ4n) is 2.52. The molecule has 23 heavy (non-hydrogen) atoms. The lowest BCUT2D eigenvalue weighted by Crippen LogP contribution is -2.34. The first-order chi connectivity index (χ1) is 10.9. The number of fused-ring (bicyclic) bond motifs is 1. The van der Waals surface area contributed by atoms with Crippen LogP contribution < -0.4 is 22.3 Å². The molecular formula is C14H9F2N5O2. The average molecular weight is 317 g/mol. The van der Waals surface area contributed by atoms with Gasteiger partial charge in [0.15, 0.2) is 11.6 Å². The summed E-state index contributed by atoms with van der Waals surface area (Å²) in [6.07, 6.45) is 0. The molecule has 5 N–H and O–H groups in total. The van der Waals surface area contributed by atoms with E-state index in [9.17, 15) is 23.6 Å². The Balaban J connectivity index is 2.33. The van der Waals surface area contributed by atoms with Gasteiger partial charge in [-0.3, -0.25) is 14.8 Å². The number of rotatable bonds is 1. The zero-order valence-corrected chi connectivity index (χ0v) is 11.4. The SMILES string of the molecule is N#CC1=C(N)Nc2[nH]c(=O)[nH]c(=O)c2C1c1ccc(F)c(F)c1. The number of benzene rings is 1. The maximum absolute atomic E-state index is 13.5. The highest BCUT2D eigenvalue weighted by atomic mass is 19.2. The molecule has 0 amide bonds. The molecular weight excluding hydrogens is 308 g/mol. The number of halogens is 2. The molecule has 0 bridgehead atoms. The first-order valence-electron chi connectivity index (χ1n) is 6.40. The Bertz CT molecular complexity index is 999. The lowest BCUT2D eigenvalue weighted by Gasteiger charge is -2.26. The molecule has 2 aromatic rings. The summed E-state index contributed by atoms with van der Waals surface area (Å²) in [5.41, 5.74) is 4.32. The lowest BCUT2D eigenvalue weighted by molar-refractivity contribution is 0.506. The third-order valence-electron chi connectivity index (χ3n) is 3.50. The van der Waals surface area contributed by atoms with Crippen LogP contribution in [0.4, 0.5) is 14.6 Å². The van der Waals surface area contributed by atoms with Gasteiger partial charge in [-0.1, -0.05) is 6.07 Å². The third-order valence-corrected chi connectivity index (χ3v) is 3.50. The van der Waals surface area contributed by atoms with Crippen molar-refractivity contribution >= 4 is 5.82 Å². The maximum atomic E-state index is 13.5. The lowest BCUT2D eigenvalue weighted by atomic mass is 9.84. The molecule has 1 aromatic carbocycles. The van der Waals surface area contributed by atoms with Crippen molar-refractivity contribution in [2.45, 2.75) is 5.92 Å². The Morgan fingerprint density at radius 2 is 1.91 bits per heavy atom. The minimum atomic E-state index is -1.13. The number of nitrogens with one attached hydrogen (secondary N) is 3. The van der Waals surface area contributed by atoms with Crippen molar-refractivity contribution in [2.24, 2.45) is 5.73 Å². The molecule has 0 radical (unpaired) electrons. The number of nitriles is 1. The van der Waals surface area contributed by atoms with E-state index < -0.39 is 28.8 Å². The van der Waals surface area contributed by atoms with E-state index in [1.54, 1.807) is 0 Å². The Kier molecular flexibility index (Phi) is 3.22. The van der Waals surface area contributed by atoms with Gasteiger partial charge in [-0.25, -0.2) is 13.6 Å². The molecule has 116 valence electrons. The predicted octanol–water partition coefficient (Wildman–Crippen LogP) is 0.593. The van der Waals surface area contributed by atoms with E-state index in [-0.39, 0.29) is 28.3 Å². The topological polar surface area (TPSA) is 128 Å². The van der Waals surface area contributed by atoms with Crippen molar-refractivity contribution in [1.29, 1.82) is 5.26 Å². The summed E-state index contributed by atoms with van der Waals surface area (Å²) in [6.45, 7) is 0. The number of nitrogens with two attached hydrogens (primary N) is 1. The summed E-state index contributed by atoms with van der Waals surface area (Å²) in [5, 5.41) is 11.9. The fourth-order valence-corrected chi connectivity index (χ4v) is 2.52. The van der Waals surface area contributed by atoms with Crippen LogP contribution in [0.3, 0.4) is 0 Å². The number of anilines is 1. The molecule has 0 saturated carbocycles. The van der Waals surface area contributed by atoms with Gasteiger partial charge in [-0.15, -0.1) is 0 Å². The second kappa shape index (κ2) is 5.10. The fraction of sp³-hybridized carbons (Fsp3) is 0.0714. The number of nitrogens with zero attached hydrogens (tertiary/aromatic N) is 1. The Morgan fingerprint density at radius 1 is 1.17 bits per heavy atom. The van der Waals surface area contributed by atoms with Crippen LogP contribution >= 0.6 is 0 Å². The molecule has 1 aliphatic rings. The number of aromatic amines is 2. The van der Waals surface area contributed by atoms with E-state index >= 15 is 0 Å². The van der Waals surface area contributed by atoms with Crippen molar-refractivity contribution in [3.05, 3.63) is 73.2 Å². The third kappa shape index (κ3) is 2.26. The van der Waals surface area contributed by atoms with Gasteiger partial charge in [0.1, 0.15) is 11.6 Å². The van der Waals surface area contributed by atoms with E-state index in [1.165, 1.54) is 6.07 Å². The first-order valence-corrected chi connectivity index (χ1v) is 6.40. The summed E-state index contributed by atoms with van der Waals surface area (Å²) in [4.78, 5) is 27.9. The average Bonchev–Trinajstić information content (AvgIpc) is 2.48. The molecule has 1 unspecified atom stereocenters. The molecule has 2 heterocycles. The second-order valence-electron chi connectivity index (χ2n) is 4.87. The van der Waals surface area contributed by atoms with Gasteiger partial charge in [0.2, 0.25) is 0 Å². The van der Waals surface area contributed by atoms with Gasteiger partial charge < -0.3 is 11.1 Å². The van der Waals surface area contributed by atoms with Crippen molar-refractivity contribution in [3.8, 4) is 6.07 Å². The van der Waals surface area contributed by atoms with Crippen molar-refractivity contribution in [1.82, 2.24) is 9.97 Å². The zero-order chi connectivity index (χ0) is 16.7.